The van der Waals surface area contributed by atoms with E-state index in [1.54, 1.807) is 0 Å². The Morgan fingerprint density at radius 1 is 1.24 bits per heavy atom. The molecule has 2 N–H and O–H groups in total. The van der Waals surface area contributed by atoms with Gasteiger partial charge in [0.15, 0.2) is 0 Å². The molecule has 2 nitrogen and oxygen atoms in total. The smallest absolute Gasteiger partial charge is 0.132 e. The van der Waals surface area contributed by atoms with Crippen molar-refractivity contribution in [1.82, 2.24) is 0 Å². The van der Waals surface area contributed by atoms with Gasteiger partial charge in [0.25, 0.3) is 0 Å². The van der Waals surface area contributed by atoms with Crippen LogP contribution in [0.4, 0.5) is 8.78 Å². The number of halogens is 2. The summed E-state index contributed by atoms with van der Waals surface area (Å²) < 4.78 is 32.3. The minimum Gasteiger partial charge on any atom is -0.380 e. The lowest BCUT2D eigenvalue weighted by atomic mass is 9.88. The van der Waals surface area contributed by atoms with E-state index in [1.807, 2.05) is 0 Å². The molecule has 1 aromatic carbocycles. The average Bonchev–Trinajstić information content (AvgIpc) is 2.72. The molecule has 0 amide bonds. The average molecular weight is 241 g/mol. The summed E-state index contributed by atoms with van der Waals surface area (Å²) in [5.74, 6) is -1.14. The van der Waals surface area contributed by atoms with Crippen molar-refractivity contribution in [1.29, 1.82) is 0 Å². The lowest BCUT2D eigenvalue weighted by Crippen LogP contribution is -2.33. The Morgan fingerprint density at radius 3 is 2.24 bits per heavy atom. The largest absolute Gasteiger partial charge is 0.380 e. The molecule has 1 aliphatic rings. The highest BCUT2D eigenvalue weighted by atomic mass is 19.1. The van der Waals surface area contributed by atoms with Gasteiger partial charge in [-0.05, 0) is 30.5 Å². The molecular weight excluding hydrogens is 224 g/mol. The van der Waals surface area contributed by atoms with Crippen LogP contribution in [0.1, 0.15) is 36.8 Å². The third kappa shape index (κ3) is 2.33. The van der Waals surface area contributed by atoms with Crippen LogP contribution in [0, 0.1) is 11.6 Å². The van der Waals surface area contributed by atoms with Crippen LogP contribution in [-0.4, -0.2) is 7.11 Å². The van der Waals surface area contributed by atoms with Crippen molar-refractivity contribution in [2.75, 3.05) is 7.11 Å². The second-order valence-electron chi connectivity index (χ2n) is 4.71. The number of nitrogens with two attached hydrogens (primary N) is 1. The minimum atomic E-state index is -0.571. The highest BCUT2D eigenvalue weighted by molar-refractivity contribution is 5.31. The van der Waals surface area contributed by atoms with Crippen LogP contribution in [0.25, 0.3) is 0 Å². The fraction of sp³-hybridized carbons (Fsp3) is 0.538. The van der Waals surface area contributed by atoms with E-state index in [-0.39, 0.29) is 12.2 Å². The monoisotopic (exact) mass is 241 g/mol. The number of hydrogen-bond donors (Lipinski definition) is 1. The molecule has 0 unspecified atom stereocenters. The van der Waals surface area contributed by atoms with Crippen LogP contribution in [0.3, 0.4) is 0 Å². The Bertz CT molecular complexity index is 391. The first-order valence-electron chi connectivity index (χ1n) is 5.83. The van der Waals surface area contributed by atoms with Gasteiger partial charge in [-0.25, -0.2) is 8.78 Å². The zero-order valence-electron chi connectivity index (χ0n) is 9.93. The van der Waals surface area contributed by atoms with Gasteiger partial charge in [0, 0.05) is 18.2 Å². The molecule has 17 heavy (non-hydrogen) atoms. The van der Waals surface area contributed by atoms with E-state index in [2.05, 4.69) is 0 Å². The maximum absolute atomic E-state index is 13.7. The Labute approximate surface area is 99.8 Å². The zero-order chi connectivity index (χ0) is 12.5. The van der Waals surface area contributed by atoms with E-state index < -0.39 is 17.2 Å². The van der Waals surface area contributed by atoms with E-state index in [0.29, 0.717) is 5.56 Å². The predicted molar refractivity (Wildman–Crippen MR) is 61.4 cm³/mol. The molecule has 1 aromatic rings. The fourth-order valence-electron chi connectivity index (χ4n) is 2.47. The van der Waals surface area contributed by atoms with Crippen LogP contribution < -0.4 is 5.73 Å². The van der Waals surface area contributed by atoms with Crippen LogP contribution in [-0.2, 0) is 16.9 Å². The van der Waals surface area contributed by atoms with Crippen molar-refractivity contribution in [3.8, 4) is 0 Å². The van der Waals surface area contributed by atoms with Crippen LogP contribution >= 0.6 is 0 Å². The number of methoxy groups -OCH3 is 1. The first-order chi connectivity index (χ1) is 8.07. The van der Waals surface area contributed by atoms with Gasteiger partial charge in [0.2, 0.25) is 0 Å². The summed E-state index contributed by atoms with van der Waals surface area (Å²) in [4.78, 5) is 0. The third-order valence-electron chi connectivity index (χ3n) is 3.50. The Balaban J connectivity index is 2.38. The summed E-state index contributed by atoms with van der Waals surface area (Å²) in [6.07, 6.45) is 3.60. The van der Waals surface area contributed by atoms with Crippen molar-refractivity contribution in [3.63, 3.8) is 0 Å². The maximum atomic E-state index is 13.7. The molecule has 0 aromatic heterocycles. The van der Waals surface area contributed by atoms with E-state index >= 15 is 0 Å². The first-order valence-corrected chi connectivity index (χ1v) is 5.83. The third-order valence-corrected chi connectivity index (χ3v) is 3.50. The second kappa shape index (κ2) is 4.70. The molecule has 0 spiro atoms. The van der Waals surface area contributed by atoms with Crippen LogP contribution in [0.15, 0.2) is 12.1 Å². The molecule has 0 heterocycles. The van der Waals surface area contributed by atoms with Crippen LogP contribution in [0.5, 0.6) is 0 Å². The molecule has 0 radical (unpaired) electrons. The van der Waals surface area contributed by atoms with E-state index in [0.717, 1.165) is 25.7 Å². The van der Waals surface area contributed by atoms with Gasteiger partial charge in [-0.15, -0.1) is 0 Å². The number of rotatable bonds is 3. The first kappa shape index (κ1) is 12.5. The maximum Gasteiger partial charge on any atom is 0.132 e. The van der Waals surface area contributed by atoms with E-state index in [9.17, 15) is 8.78 Å². The summed E-state index contributed by atoms with van der Waals surface area (Å²) in [7, 11) is 1.41. The highest BCUT2D eigenvalue weighted by Crippen LogP contribution is 2.37. The summed E-state index contributed by atoms with van der Waals surface area (Å²) >= 11 is 0. The van der Waals surface area contributed by atoms with Gasteiger partial charge in [-0.2, -0.15) is 0 Å². The van der Waals surface area contributed by atoms with Crippen molar-refractivity contribution in [2.24, 2.45) is 5.73 Å². The lowest BCUT2D eigenvalue weighted by molar-refractivity contribution is 0.177. The molecule has 0 aliphatic heterocycles. The molecule has 0 saturated heterocycles. The minimum absolute atomic E-state index is 0.0298. The van der Waals surface area contributed by atoms with E-state index in [1.165, 1.54) is 19.2 Å². The molecule has 1 saturated carbocycles. The molecule has 0 bridgehead atoms. The van der Waals surface area contributed by atoms with Gasteiger partial charge >= 0.3 is 0 Å². The Hall–Kier alpha value is -1.00. The molecule has 0 atom stereocenters. The van der Waals surface area contributed by atoms with Crippen molar-refractivity contribution in [3.05, 3.63) is 34.9 Å². The van der Waals surface area contributed by atoms with Gasteiger partial charge < -0.3 is 10.5 Å². The fourth-order valence-corrected chi connectivity index (χ4v) is 2.47. The molecule has 1 aliphatic carbocycles. The van der Waals surface area contributed by atoms with E-state index in [4.69, 9.17) is 10.5 Å². The van der Waals surface area contributed by atoms with Crippen LogP contribution in [0.2, 0.25) is 0 Å². The molecule has 94 valence electrons. The second-order valence-corrected chi connectivity index (χ2v) is 4.71. The zero-order valence-corrected chi connectivity index (χ0v) is 9.93. The standard InChI is InChI=1S/C13H17F2NO/c1-17-8-10-11(14)6-9(7-12(10)15)13(16)4-2-3-5-13/h6-7H,2-5,8,16H2,1H3. The normalized spacial score (nSPS) is 18.6. The van der Waals surface area contributed by atoms with Crippen molar-refractivity contribution in [2.45, 2.75) is 37.8 Å². The quantitative estimate of drug-likeness (QED) is 0.883. The summed E-state index contributed by atoms with van der Waals surface area (Å²) in [6.45, 7) is -0.0600. The number of hydrogen-bond acceptors (Lipinski definition) is 2. The SMILES string of the molecule is COCc1c(F)cc(C2(N)CCCC2)cc1F. The topological polar surface area (TPSA) is 35.2 Å². The number of benzene rings is 1. The van der Waals surface area contributed by atoms with Crippen molar-refractivity contribution >= 4 is 0 Å². The lowest BCUT2D eigenvalue weighted by Gasteiger charge is -2.24. The summed E-state index contributed by atoms with van der Waals surface area (Å²) in [5, 5.41) is 0. The molecule has 1 fully saturated rings. The summed E-state index contributed by atoms with van der Waals surface area (Å²) in [5.41, 5.74) is 6.15. The predicted octanol–water partition coefficient (Wildman–Crippen LogP) is 2.84. The van der Waals surface area contributed by atoms with Gasteiger partial charge in [0.1, 0.15) is 11.6 Å². The molecular formula is C13H17F2NO. The summed E-state index contributed by atoms with van der Waals surface area (Å²) in [6, 6.07) is 2.70. The van der Waals surface area contributed by atoms with Gasteiger partial charge in [-0.3, -0.25) is 0 Å². The van der Waals surface area contributed by atoms with Crippen molar-refractivity contribution < 1.29 is 13.5 Å². The number of ether oxygens (including phenoxy) is 1. The highest BCUT2D eigenvalue weighted by Gasteiger charge is 2.32. The van der Waals surface area contributed by atoms with Gasteiger partial charge in [-0.1, -0.05) is 12.8 Å². The molecule has 4 heteroatoms. The Morgan fingerprint density at radius 2 is 1.76 bits per heavy atom. The van der Waals surface area contributed by atoms with Gasteiger partial charge in [0.05, 0.1) is 6.61 Å². The Kier molecular flexibility index (Phi) is 3.45. The molecule has 2 rings (SSSR count).